The second-order valence-corrected chi connectivity index (χ2v) is 5.10. The Kier molecular flexibility index (Phi) is 3.10. The van der Waals surface area contributed by atoms with E-state index in [4.69, 9.17) is 5.73 Å². The second-order valence-electron chi connectivity index (χ2n) is 5.10. The van der Waals surface area contributed by atoms with Crippen molar-refractivity contribution in [2.75, 3.05) is 11.1 Å². The van der Waals surface area contributed by atoms with Crippen molar-refractivity contribution >= 4 is 28.3 Å². The molecule has 0 spiro atoms. The highest BCUT2D eigenvalue weighted by Crippen LogP contribution is 2.23. The highest BCUT2D eigenvalue weighted by molar-refractivity contribution is 5.89. The third-order valence-corrected chi connectivity index (χ3v) is 3.23. The number of aromatic nitrogens is 2. The lowest BCUT2D eigenvalue weighted by molar-refractivity contribution is -0.114. The van der Waals surface area contributed by atoms with E-state index in [1.807, 2.05) is 47.9 Å². The molecule has 21 heavy (non-hydrogen) atoms. The van der Waals surface area contributed by atoms with E-state index in [0.29, 0.717) is 5.69 Å². The summed E-state index contributed by atoms with van der Waals surface area (Å²) < 4.78 is 1.98. The van der Waals surface area contributed by atoms with Crippen LogP contribution < -0.4 is 11.1 Å². The largest absolute Gasteiger partial charge is 0.399 e. The van der Waals surface area contributed by atoms with E-state index in [0.717, 1.165) is 28.0 Å². The summed E-state index contributed by atoms with van der Waals surface area (Å²) in [6.07, 6.45) is 1.76. The van der Waals surface area contributed by atoms with E-state index in [1.165, 1.54) is 6.92 Å². The molecule has 0 saturated heterocycles. The van der Waals surface area contributed by atoms with Crippen LogP contribution in [0.15, 0.2) is 42.7 Å². The molecule has 0 radical (unpaired) electrons. The van der Waals surface area contributed by atoms with Crippen molar-refractivity contribution in [3.63, 3.8) is 0 Å². The monoisotopic (exact) mass is 280 g/mol. The molecule has 106 valence electrons. The molecule has 0 bridgehead atoms. The minimum absolute atomic E-state index is 0.0881. The van der Waals surface area contributed by atoms with Crippen molar-refractivity contribution < 1.29 is 4.79 Å². The second kappa shape index (κ2) is 4.94. The third kappa shape index (κ3) is 2.58. The standard InChI is InChI=1S/C16H16N4O/c1-10-5-13(19-11(2)21)8-14(6-10)20-9-18-15-7-12(17)3-4-16(15)20/h3-9H,17H2,1-2H3,(H,19,21). The van der Waals surface area contributed by atoms with Gasteiger partial charge in [-0.25, -0.2) is 4.98 Å². The number of carbonyl (C=O) groups excluding carboxylic acids is 1. The summed E-state index contributed by atoms with van der Waals surface area (Å²) in [6, 6.07) is 11.5. The van der Waals surface area contributed by atoms with Gasteiger partial charge >= 0.3 is 0 Å². The smallest absolute Gasteiger partial charge is 0.221 e. The number of carbonyl (C=O) groups is 1. The Morgan fingerprint density at radius 2 is 2.05 bits per heavy atom. The van der Waals surface area contributed by atoms with Crippen molar-refractivity contribution in [3.8, 4) is 5.69 Å². The van der Waals surface area contributed by atoms with Crippen molar-refractivity contribution in [1.29, 1.82) is 0 Å². The normalized spacial score (nSPS) is 10.8. The van der Waals surface area contributed by atoms with Crippen LogP contribution in [0.5, 0.6) is 0 Å². The van der Waals surface area contributed by atoms with Crippen molar-refractivity contribution in [3.05, 3.63) is 48.3 Å². The number of amides is 1. The van der Waals surface area contributed by atoms with Crippen LogP contribution in [-0.2, 0) is 4.79 Å². The summed E-state index contributed by atoms with van der Waals surface area (Å²) in [6.45, 7) is 3.49. The molecule has 0 fully saturated rings. The zero-order valence-corrected chi connectivity index (χ0v) is 11.9. The Labute approximate surface area is 122 Å². The fraction of sp³-hybridized carbons (Fsp3) is 0.125. The van der Waals surface area contributed by atoms with Crippen LogP contribution >= 0.6 is 0 Å². The molecule has 1 amide bonds. The highest BCUT2D eigenvalue weighted by atomic mass is 16.1. The first-order valence-corrected chi connectivity index (χ1v) is 6.65. The van der Waals surface area contributed by atoms with Gasteiger partial charge in [0.25, 0.3) is 0 Å². The van der Waals surface area contributed by atoms with E-state index in [2.05, 4.69) is 10.3 Å². The van der Waals surface area contributed by atoms with E-state index >= 15 is 0 Å². The summed E-state index contributed by atoms with van der Waals surface area (Å²) >= 11 is 0. The molecule has 1 aromatic heterocycles. The Balaban J connectivity index is 2.13. The summed E-state index contributed by atoms with van der Waals surface area (Å²) in [7, 11) is 0. The lowest BCUT2D eigenvalue weighted by atomic mass is 10.2. The minimum Gasteiger partial charge on any atom is -0.399 e. The number of nitrogen functional groups attached to an aromatic ring is 1. The molecule has 0 unspecified atom stereocenters. The number of anilines is 2. The van der Waals surface area contributed by atoms with Gasteiger partial charge in [0, 0.05) is 24.0 Å². The molecule has 0 aliphatic heterocycles. The van der Waals surface area contributed by atoms with Crippen LogP contribution in [0.3, 0.4) is 0 Å². The van der Waals surface area contributed by atoms with Gasteiger partial charge in [0.05, 0.1) is 11.0 Å². The van der Waals surface area contributed by atoms with Crippen LogP contribution in [-0.4, -0.2) is 15.5 Å². The summed E-state index contributed by atoms with van der Waals surface area (Å²) in [4.78, 5) is 15.6. The molecule has 1 heterocycles. The maximum atomic E-state index is 11.2. The number of fused-ring (bicyclic) bond motifs is 1. The first kappa shape index (κ1) is 13.2. The Morgan fingerprint density at radius 1 is 1.24 bits per heavy atom. The predicted molar refractivity (Wildman–Crippen MR) is 84.5 cm³/mol. The number of nitrogens with one attached hydrogen (secondary N) is 1. The molecular weight excluding hydrogens is 264 g/mol. The van der Waals surface area contributed by atoms with Crippen molar-refractivity contribution in [2.45, 2.75) is 13.8 Å². The van der Waals surface area contributed by atoms with Crippen LogP contribution in [0.2, 0.25) is 0 Å². The van der Waals surface area contributed by atoms with E-state index < -0.39 is 0 Å². The Bertz CT molecular complexity index is 835. The zero-order chi connectivity index (χ0) is 15.0. The number of nitrogens with two attached hydrogens (primary N) is 1. The molecule has 5 heteroatoms. The fourth-order valence-electron chi connectivity index (χ4n) is 2.41. The molecule has 0 aliphatic rings. The molecule has 0 atom stereocenters. The summed E-state index contributed by atoms with van der Waals surface area (Å²) in [5, 5.41) is 2.81. The van der Waals surface area contributed by atoms with Gasteiger partial charge in [-0.2, -0.15) is 0 Å². The number of hydrogen-bond acceptors (Lipinski definition) is 3. The van der Waals surface area contributed by atoms with Crippen LogP contribution in [0, 0.1) is 6.92 Å². The SMILES string of the molecule is CC(=O)Nc1cc(C)cc(-n2cnc3cc(N)ccc32)c1. The topological polar surface area (TPSA) is 72.9 Å². The molecule has 0 saturated carbocycles. The molecule has 2 aromatic carbocycles. The average molecular weight is 280 g/mol. The number of hydrogen-bond donors (Lipinski definition) is 2. The van der Waals surface area contributed by atoms with Crippen molar-refractivity contribution in [1.82, 2.24) is 9.55 Å². The molecule has 3 N–H and O–H groups in total. The molecule has 3 aromatic rings. The number of nitrogens with zero attached hydrogens (tertiary/aromatic N) is 2. The van der Waals surface area contributed by atoms with Gasteiger partial charge in [0.2, 0.25) is 5.91 Å². The maximum Gasteiger partial charge on any atom is 0.221 e. The molecular formula is C16H16N4O. The molecule has 5 nitrogen and oxygen atoms in total. The van der Waals surface area contributed by atoms with E-state index in [-0.39, 0.29) is 5.91 Å². The quantitative estimate of drug-likeness (QED) is 0.709. The molecule has 0 aliphatic carbocycles. The Morgan fingerprint density at radius 3 is 2.81 bits per heavy atom. The maximum absolute atomic E-state index is 11.2. The van der Waals surface area contributed by atoms with Crippen LogP contribution in [0.1, 0.15) is 12.5 Å². The number of benzene rings is 2. The van der Waals surface area contributed by atoms with Crippen molar-refractivity contribution in [2.24, 2.45) is 0 Å². The van der Waals surface area contributed by atoms with Gasteiger partial charge in [-0.05, 0) is 48.9 Å². The fourth-order valence-corrected chi connectivity index (χ4v) is 2.41. The average Bonchev–Trinajstić information content (AvgIpc) is 2.79. The zero-order valence-electron chi connectivity index (χ0n) is 11.9. The van der Waals surface area contributed by atoms with Crippen LogP contribution in [0.25, 0.3) is 16.7 Å². The van der Waals surface area contributed by atoms with Gasteiger partial charge in [-0.3, -0.25) is 9.36 Å². The summed E-state index contributed by atoms with van der Waals surface area (Å²) in [5.74, 6) is -0.0881. The Hall–Kier alpha value is -2.82. The van der Waals surface area contributed by atoms with E-state index in [9.17, 15) is 4.79 Å². The lowest BCUT2D eigenvalue weighted by Crippen LogP contribution is -2.06. The first-order valence-electron chi connectivity index (χ1n) is 6.65. The van der Waals surface area contributed by atoms with Crippen LogP contribution in [0.4, 0.5) is 11.4 Å². The third-order valence-electron chi connectivity index (χ3n) is 3.23. The first-order chi connectivity index (χ1) is 10.0. The minimum atomic E-state index is -0.0881. The van der Waals surface area contributed by atoms with Gasteiger partial charge in [0.15, 0.2) is 0 Å². The van der Waals surface area contributed by atoms with Gasteiger partial charge in [0.1, 0.15) is 6.33 Å². The van der Waals surface area contributed by atoms with Gasteiger partial charge in [-0.15, -0.1) is 0 Å². The van der Waals surface area contributed by atoms with Gasteiger partial charge in [-0.1, -0.05) is 0 Å². The lowest BCUT2D eigenvalue weighted by Gasteiger charge is -2.10. The number of imidazole rings is 1. The van der Waals surface area contributed by atoms with E-state index in [1.54, 1.807) is 6.33 Å². The van der Waals surface area contributed by atoms with Gasteiger partial charge < -0.3 is 11.1 Å². The highest BCUT2D eigenvalue weighted by Gasteiger charge is 2.07. The number of aryl methyl sites for hydroxylation is 1. The molecule has 3 rings (SSSR count). The summed E-state index contributed by atoms with van der Waals surface area (Å²) in [5.41, 5.74) is 11.1. The number of rotatable bonds is 2. The predicted octanol–water partition coefficient (Wildman–Crippen LogP) is 2.87.